The summed E-state index contributed by atoms with van der Waals surface area (Å²) in [6.07, 6.45) is 1.75. The van der Waals surface area contributed by atoms with Crippen LogP contribution in [0.4, 0.5) is 8.78 Å². The van der Waals surface area contributed by atoms with Gasteiger partial charge in [-0.15, -0.1) is 35.4 Å². The Balaban J connectivity index is 0.00000171. The number of aromatic nitrogens is 1. The Labute approximate surface area is 175 Å². The zero-order chi connectivity index (χ0) is 18.2. The van der Waals surface area contributed by atoms with Crippen LogP contribution in [0, 0.1) is 17.7 Å². The van der Waals surface area contributed by atoms with E-state index in [4.69, 9.17) is 0 Å². The smallest absolute Gasteiger partial charge is 0.123 e. The van der Waals surface area contributed by atoms with Gasteiger partial charge < -0.3 is 4.98 Å². The van der Waals surface area contributed by atoms with E-state index in [1.165, 1.54) is 12.1 Å². The fourth-order valence-corrected chi connectivity index (χ4v) is 4.85. The molecule has 0 aliphatic heterocycles. The second-order valence-electron chi connectivity index (χ2n) is 6.99. The minimum Gasteiger partial charge on any atom is -0.304 e. The van der Waals surface area contributed by atoms with E-state index in [1.807, 2.05) is 30.3 Å². The van der Waals surface area contributed by atoms with E-state index in [0.29, 0.717) is 0 Å². The van der Waals surface area contributed by atoms with Gasteiger partial charge >= 0.3 is 0 Å². The molecular weight excluding hydrogens is 535 g/mol. The molecule has 3 aromatic carbocycles. The van der Waals surface area contributed by atoms with Crippen LogP contribution in [-0.2, 0) is 26.5 Å². The summed E-state index contributed by atoms with van der Waals surface area (Å²) in [6.45, 7) is 0. The van der Waals surface area contributed by atoms with Gasteiger partial charge in [0.1, 0.15) is 11.6 Å². The quantitative estimate of drug-likeness (QED) is 0.229. The standard InChI is InChI=1S/C24H12F2N.Pt/c25-14-7-9-16-17-10-8-15(26)13-22(17)24(21(16)12-14)19-5-2-1-4-18(19)23-20(24)6-3-11-27-23;/h1-3,5-13H;/q-1;. The molecule has 2 aliphatic carbocycles. The third kappa shape index (κ3) is 1.95. The molecule has 0 radical (unpaired) electrons. The van der Waals surface area contributed by atoms with Gasteiger partial charge in [0, 0.05) is 32.7 Å². The molecule has 1 heterocycles. The van der Waals surface area contributed by atoms with Crippen LogP contribution >= 0.6 is 0 Å². The Bertz CT molecular complexity index is 1170. The predicted octanol–water partition coefficient (Wildman–Crippen LogP) is 5.50. The molecule has 0 N–H and O–H groups in total. The Morgan fingerprint density at radius 1 is 0.750 bits per heavy atom. The van der Waals surface area contributed by atoms with Crippen molar-refractivity contribution in [3.05, 3.63) is 113 Å². The normalized spacial score (nSPS) is 14.1. The Morgan fingerprint density at radius 2 is 1.39 bits per heavy atom. The van der Waals surface area contributed by atoms with Crippen LogP contribution in [0.1, 0.15) is 22.3 Å². The van der Waals surface area contributed by atoms with Crippen molar-refractivity contribution in [1.29, 1.82) is 0 Å². The fraction of sp³-hybridized carbons (Fsp3) is 0.0417. The molecule has 4 aromatic rings. The van der Waals surface area contributed by atoms with E-state index < -0.39 is 5.41 Å². The van der Waals surface area contributed by atoms with Crippen LogP contribution in [0.25, 0.3) is 22.4 Å². The van der Waals surface area contributed by atoms with E-state index in [-0.39, 0.29) is 32.7 Å². The van der Waals surface area contributed by atoms with Gasteiger partial charge in [-0.3, -0.25) is 0 Å². The summed E-state index contributed by atoms with van der Waals surface area (Å²) in [5.41, 5.74) is 6.36. The summed E-state index contributed by atoms with van der Waals surface area (Å²) in [4.78, 5) is 4.59. The van der Waals surface area contributed by atoms with Crippen molar-refractivity contribution in [3.63, 3.8) is 0 Å². The topological polar surface area (TPSA) is 12.9 Å². The Morgan fingerprint density at radius 3 is 2.07 bits per heavy atom. The SMILES string of the molecule is Fc1ccc2c(c1)C1(c3ccc[c-]c3-c3ncccc31)c1cc(F)ccc1-2.[Pt]. The van der Waals surface area contributed by atoms with Crippen molar-refractivity contribution in [1.82, 2.24) is 4.98 Å². The maximum Gasteiger partial charge on any atom is 0.123 e. The van der Waals surface area contributed by atoms with E-state index in [9.17, 15) is 8.78 Å². The molecule has 6 rings (SSSR count). The maximum absolute atomic E-state index is 14.4. The van der Waals surface area contributed by atoms with Crippen LogP contribution in [-0.4, -0.2) is 4.98 Å². The largest absolute Gasteiger partial charge is 0.304 e. The van der Waals surface area contributed by atoms with Crippen molar-refractivity contribution in [2.45, 2.75) is 5.41 Å². The minimum absolute atomic E-state index is 0. The number of hydrogen-bond acceptors (Lipinski definition) is 1. The molecule has 1 spiro atoms. The van der Waals surface area contributed by atoms with Gasteiger partial charge in [0.05, 0.1) is 0 Å². The molecule has 2 aliphatic rings. The number of hydrogen-bond donors (Lipinski definition) is 0. The summed E-state index contributed by atoms with van der Waals surface area (Å²) in [6, 6.07) is 22.6. The minimum atomic E-state index is -0.772. The molecule has 0 atom stereocenters. The summed E-state index contributed by atoms with van der Waals surface area (Å²) in [5.74, 6) is -0.611. The number of halogens is 2. The van der Waals surface area contributed by atoms with Crippen LogP contribution in [0.5, 0.6) is 0 Å². The average Bonchev–Trinajstić information content (AvgIpc) is 3.14. The summed E-state index contributed by atoms with van der Waals surface area (Å²) < 4.78 is 28.7. The van der Waals surface area contributed by atoms with Crippen LogP contribution < -0.4 is 0 Å². The van der Waals surface area contributed by atoms with Gasteiger partial charge in [-0.1, -0.05) is 23.8 Å². The molecule has 0 bridgehead atoms. The van der Waals surface area contributed by atoms with Crippen LogP contribution in [0.3, 0.4) is 0 Å². The van der Waals surface area contributed by atoms with Crippen LogP contribution in [0.2, 0.25) is 0 Å². The Hall–Kier alpha value is -2.64. The van der Waals surface area contributed by atoms with E-state index in [0.717, 1.165) is 44.6 Å². The van der Waals surface area contributed by atoms with E-state index >= 15 is 0 Å². The first kappa shape index (κ1) is 17.5. The van der Waals surface area contributed by atoms with Crippen molar-refractivity contribution < 1.29 is 29.8 Å². The molecule has 0 amide bonds. The molecule has 0 unspecified atom stereocenters. The average molecular weight is 547 g/mol. The number of nitrogens with zero attached hydrogens (tertiary/aromatic N) is 1. The molecule has 1 nitrogen and oxygen atoms in total. The van der Waals surface area contributed by atoms with Gasteiger partial charge in [0.25, 0.3) is 0 Å². The predicted molar refractivity (Wildman–Crippen MR) is 99.3 cm³/mol. The van der Waals surface area contributed by atoms with Crippen molar-refractivity contribution in [2.24, 2.45) is 0 Å². The van der Waals surface area contributed by atoms with Gasteiger partial charge in [-0.05, 0) is 58.3 Å². The molecule has 0 fully saturated rings. The molecule has 1 aromatic heterocycles. The van der Waals surface area contributed by atoms with Crippen molar-refractivity contribution >= 4 is 0 Å². The number of benzene rings is 3. The van der Waals surface area contributed by atoms with Gasteiger partial charge in [0.2, 0.25) is 0 Å². The van der Waals surface area contributed by atoms with Crippen molar-refractivity contribution in [2.75, 3.05) is 0 Å². The first-order chi connectivity index (χ1) is 13.2. The molecule has 0 saturated carbocycles. The first-order valence-electron chi connectivity index (χ1n) is 8.79. The van der Waals surface area contributed by atoms with Gasteiger partial charge in [0.15, 0.2) is 0 Å². The molecule has 138 valence electrons. The second-order valence-corrected chi connectivity index (χ2v) is 6.99. The number of pyridine rings is 1. The summed E-state index contributed by atoms with van der Waals surface area (Å²) in [7, 11) is 0. The van der Waals surface area contributed by atoms with Gasteiger partial charge in [-0.2, -0.15) is 0 Å². The monoisotopic (exact) mass is 547 g/mol. The molecule has 0 saturated heterocycles. The fourth-order valence-electron chi connectivity index (χ4n) is 4.85. The number of rotatable bonds is 0. The van der Waals surface area contributed by atoms with E-state index in [1.54, 1.807) is 30.5 Å². The Kier molecular flexibility index (Phi) is 3.69. The van der Waals surface area contributed by atoms with Gasteiger partial charge in [-0.25, -0.2) is 8.78 Å². The summed E-state index contributed by atoms with van der Waals surface area (Å²) >= 11 is 0. The zero-order valence-corrected chi connectivity index (χ0v) is 16.7. The van der Waals surface area contributed by atoms with Crippen LogP contribution in [0.15, 0.2) is 72.9 Å². The second kappa shape index (κ2) is 5.93. The molecular formula is C24H12F2NPt-. The first-order valence-corrected chi connectivity index (χ1v) is 8.79. The van der Waals surface area contributed by atoms with E-state index in [2.05, 4.69) is 11.1 Å². The number of fused-ring (bicyclic) bond motifs is 10. The third-order valence-corrected chi connectivity index (χ3v) is 5.77. The zero-order valence-electron chi connectivity index (χ0n) is 14.4. The molecule has 4 heteroatoms. The maximum atomic E-state index is 14.4. The summed E-state index contributed by atoms with van der Waals surface area (Å²) in [5, 5.41) is 0. The van der Waals surface area contributed by atoms with Crippen molar-refractivity contribution in [3.8, 4) is 22.4 Å². The molecule has 28 heavy (non-hydrogen) atoms. The third-order valence-electron chi connectivity index (χ3n) is 5.77.